The fourth-order valence-electron chi connectivity index (χ4n) is 2.40. The van der Waals surface area contributed by atoms with Crippen LogP contribution in [0.15, 0.2) is 41.3 Å². The van der Waals surface area contributed by atoms with E-state index in [0.29, 0.717) is 0 Å². The van der Waals surface area contributed by atoms with Gasteiger partial charge in [0.15, 0.2) is 0 Å². The number of hydrogen-bond donors (Lipinski definition) is 1. The van der Waals surface area contributed by atoms with Gasteiger partial charge in [-0.15, -0.1) is 0 Å². The summed E-state index contributed by atoms with van der Waals surface area (Å²) in [6, 6.07) is 5.69. The normalized spacial score (nSPS) is 12.7. The number of hydrogen-bond acceptors (Lipinski definition) is 4. The third-order valence-electron chi connectivity index (χ3n) is 3.42. The summed E-state index contributed by atoms with van der Waals surface area (Å²) in [5, 5.41) is 4.38. The molecule has 1 unspecified atom stereocenters. The van der Waals surface area contributed by atoms with Crippen molar-refractivity contribution in [2.75, 3.05) is 0 Å². The Labute approximate surface area is 131 Å². The van der Waals surface area contributed by atoms with Gasteiger partial charge in [0.05, 0.1) is 33.4 Å². The van der Waals surface area contributed by atoms with Crippen molar-refractivity contribution in [2.45, 2.75) is 25.9 Å². The van der Waals surface area contributed by atoms with Gasteiger partial charge in [-0.25, -0.2) is 0 Å². The molecule has 6 heteroatoms. The molecule has 1 aromatic carbocycles. The molecule has 0 aliphatic heterocycles. The van der Waals surface area contributed by atoms with E-state index in [0.717, 1.165) is 39.7 Å². The van der Waals surface area contributed by atoms with Crippen molar-refractivity contribution < 1.29 is 0 Å². The second kappa shape index (κ2) is 5.91. The van der Waals surface area contributed by atoms with E-state index in [-0.39, 0.29) is 6.04 Å². The van der Waals surface area contributed by atoms with Crippen LogP contribution < -0.4 is 5.73 Å². The summed E-state index contributed by atoms with van der Waals surface area (Å²) in [6.45, 7) is 2.97. The largest absolute Gasteiger partial charge is 0.319 e. The van der Waals surface area contributed by atoms with Gasteiger partial charge in [0.25, 0.3) is 0 Å². The van der Waals surface area contributed by atoms with Crippen molar-refractivity contribution in [3.8, 4) is 0 Å². The van der Waals surface area contributed by atoms with Crippen molar-refractivity contribution >= 4 is 27.0 Å². The predicted octanol–water partition coefficient (Wildman–Crippen LogP) is 3.05. The van der Waals surface area contributed by atoms with Crippen molar-refractivity contribution in [3.05, 3.63) is 52.5 Å². The maximum Gasteiger partial charge on any atom is 0.0890 e. The Hall–Kier alpha value is -1.79. The Morgan fingerprint density at radius 2 is 2.00 bits per heavy atom. The molecule has 0 bridgehead atoms. The van der Waals surface area contributed by atoms with Crippen LogP contribution in [0.3, 0.4) is 0 Å². The van der Waals surface area contributed by atoms with Crippen LogP contribution in [0.1, 0.15) is 30.6 Å². The minimum Gasteiger partial charge on any atom is -0.319 e. The molecule has 0 saturated carbocycles. The molecule has 2 N–H and O–H groups in total. The molecule has 3 rings (SSSR count). The summed E-state index contributed by atoms with van der Waals surface area (Å²) in [6.07, 6.45) is 6.19. The second-order valence-electron chi connectivity index (χ2n) is 4.88. The summed E-state index contributed by atoms with van der Waals surface area (Å²) < 4.78 is 2.89. The van der Waals surface area contributed by atoms with Crippen LogP contribution >= 0.6 is 15.9 Å². The number of nitrogens with zero attached hydrogens (tertiary/aromatic N) is 4. The van der Waals surface area contributed by atoms with Crippen LogP contribution in [-0.2, 0) is 6.54 Å². The van der Waals surface area contributed by atoms with Gasteiger partial charge in [-0.05, 0) is 40.0 Å². The fourth-order valence-corrected chi connectivity index (χ4v) is 2.95. The molecule has 3 aromatic rings. The maximum atomic E-state index is 6.44. The Bertz CT molecular complexity index is 768. The highest BCUT2D eigenvalue weighted by Gasteiger charge is 2.18. The average Bonchev–Trinajstić information content (AvgIpc) is 2.87. The lowest BCUT2D eigenvalue weighted by Crippen LogP contribution is -2.18. The van der Waals surface area contributed by atoms with Crippen molar-refractivity contribution in [1.82, 2.24) is 19.7 Å². The summed E-state index contributed by atoms with van der Waals surface area (Å²) >= 11 is 3.54. The fraction of sp³-hybridized carbons (Fsp3) is 0.267. The summed E-state index contributed by atoms with van der Waals surface area (Å²) in [7, 11) is 0. The van der Waals surface area contributed by atoms with Gasteiger partial charge in [0, 0.05) is 18.9 Å². The van der Waals surface area contributed by atoms with Gasteiger partial charge in [-0.1, -0.05) is 13.0 Å². The van der Waals surface area contributed by atoms with Crippen LogP contribution in [0.2, 0.25) is 0 Å². The number of aryl methyl sites for hydroxylation is 1. The zero-order chi connectivity index (χ0) is 14.8. The molecule has 0 aliphatic rings. The highest BCUT2D eigenvalue weighted by molar-refractivity contribution is 9.10. The number of rotatable bonds is 4. The number of nitrogens with two attached hydrogens (primary N) is 1. The first-order valence-electron chi connectivity index (χ1n) is 6.88. The Kier molecular flexibility index (Phi) is 3.98. The molecule has 21 heavy (non-hydrogen) atoms. The Balaban J connectivity index is 2.03. The van der Waals surface area contributed by atoms with E-state index >= 15 is 0 Å². The molecule has 1 atom stereocenters. The molecule has 5 nitrogen and oxygen atoms in total. The van der Waals surface area contributed by atoms with Crippen molar-refractivity contribution in [3.63, 3.8) is 0 Å². The molecule has 0 radical (unpaired) electrons. The summed E-state index contributed by atoms with van der Waals surface area (Å²) in [5.74, 6) is 0. The minimum atomic E-state index is -0.250. The molecule has 2 heterocycles. The lowest BCUT2D eigenvalue weighted by molar-refractivity contribution is 0.559. The van der Waals surface area contributed by atoms with E-state index in [2.05, 4.69) is 37.9 Å². The highest BCUT2D eigenvalue weighted by atomic mass is 79.9. The lowest BCUT2D eigenvalue weighted by Gasteiger charge is -2.15. The number of halogens is 1. The first-order chi connectivity index (χ1) is 10.2. The summed E-state index contributed by atoms with van der Waals surface area (Å²) in [4.78, 5) is 8.61. The molecular formula is C15H16BrN5. The Morgan fingerprint density at radius 1 is 1.24 bits per heavy atom. The standard InChI is InChI=1S/C15H16BrN5/c1-2-7-21-15(11(16)9-20-21)14(17)10-3-4-12-13(8-10)19-6-5-18-12/h3-6,8-9,14H,2,7,17H2,1H3. The molecule has 0 amide bonds. The van der Waals surface area contributed by atoms with E-state index < -0.39 is 0 Å². The molecule has 108 valence electrons. The SMILES string of the molecule is CCCn1ncc(Br)c1C(N)c1ccc2nccnc2c1. The lowest BCUT2D eigenvalue weighted by atomic mass is 10.0. The van der Waals surface area contributed by atoms with Crippen LogP contribution in [-0.4, -0.2) is 19.7 Å². The Morgan fingerprint density at radius 3 is 2.76 bits per heavy atom. The molecule has 2 aromatic heterocycles. The van der Waals surface area contributed by atoms with E-state index in [4.69, 9.17) is 5.73 Å². The first kappa shape index (κ1) is 14.2. The highest BCUT2D eigenvalue weighted by Crippen LogP contribution is 2.28. The number of aromatic nitrogens is 4. The van der Waals surface area contributed by atoms with Crippen LogP contribution in [0.5, 0.6) is 0 Å². The monoisotopic (exact) mass is 345 g/mol. The predicted molar refractivity (Wildman–Crippen MR) is 85.8 cm³/mol. The molecular weight excluding hydrogens is 330 g/mol. The number of fused-ring (bicyclic) bond motifs is 1. The third-order valence-corrected chi connectivity index (χ3v) is 4.03. The van der Waals surface area contributed by atoms with E-state index in [1.165, 1.54) is 0 Å². The van der Waals surface area contributed by atoms with E-state index in [9.17, 15) is 0 Å². The quantitative estimate of drug-likeness (QED) is 0.788. The van der Waals surface area contributed by atoms with Gasteiger partial charge >= 0.3 is 0 Å². The van der Waals surface area contributed by atoms with Crippen LogP contribution in [0, 0.1) is 0 Å². The third kappa shape index (κ3) is 2.69. The van der Waals surface area contributed by atoms with Crippen molar-refractivity contribution in [2.24, 2.45) is 5.73 Å². The van der Waals surface area contributed by atoms with Gasteiger partial charge in [-0.3, -0.25) is 14.6 Å². The molecule has 0 aliphatic carbocycles. The molecule has 0 saturated heterocycles. The van der Waals surface area contributed by atoms with Crippen molar-refractivity contribution in [1.29, 1.82) is 0 Å². The average molecular weight is 346 g/mol. The molecule has 0 spiro atoms. The van der Waals surface area contributed by atoms with Crippen LogP contribution in [0.4, 0.5) is 0 Å². The summed E-state index contributed by atoms with van der Waals surface area (Å²) in [5.41, 5.74) is 10.2. The van der Waals surface area contributed by atoms with Gasteiger partial charge < -0.3 is 5.73 Å². The minimum absolute atomic E-state index is 0.250. The first-order valence-corrected chi connectivity index (χ1v) is 7.67. The second-order valence-corrected chi connectivity index (χ2v) is 5.74. The topological polar surface area (TPSA) is 69.6 Å². The zero-order valence-electron chi connectivity index (χ0n) is 11.7. The number of benzene rings is 1. The van der Waals surface area contributed by atoms with E-state index in [1.807, 2.05) is 22.9 Å². The van der Waals surface area contributed by atoms with Gasteiger partial charge in [0.2, 0.25) is 0 Å². The van der Waals surface area contributed by atoms with Crippen LogP contribution in [0.25, 0.3) is 11.0 Å². The maximum absolute atomic E-state index is 6.44. The molecule has 0 fully saturated rings. The van der Waals surface area contributed by atoms with E-state index in [1.54, 1.807) is 18.6 Å². The van der Waals surface area contributed by atoms with Gasteiger partial charge in [-0.2, -0.15) is 5.10 Å². The zero-order valence-corrected chi connectivity index (χ0v) is 13.3. The smallest absolute Gasteiger partial charge is 0.0890 e. The van der Waals surface area contributed by atoms with Gasteiger partial charge in [0.1, 0.15) is 0 Å².